The summed E-state index contributed by atoms with van der Waals surface area (Å²) in [4.78, 5) is 15.5. The van der Waals surface area contributed by atoms with Crippen LogP contribution in [0.15, 0.2) is 36.8 Å². The molecule has 7 heteroatoms. The smallest absolute Gasteiger partial charge is 0.159 e. The van der Waals surface area contributed by atoms with Gasteiger partial charge in [-0.3, -0.25) is 0 Å². The van der Waals surface area contributed by atoms with Gasteiger partial charge in [0.2, 0.25) is 0 Å². The molecule has 26 heavy (non-hydrogen) atoms. The van der Waals surface area contributed by atoms with E-state index in [9.17, 15) is 0 Å². The maximum Gasteiger partial charge on any atom is 0.159 e. The maximum atomic E-state index is 4.50. The van der Waals surface area contributed by atoms with Crippen LogP contribution in [-0.2, 0) is 6.54 Å². The number of nitrogens with zero attached hydrogens (tertiary/aromatic N) is 6. The van der Waals surface area contributed by atoms with Gasteiger partial charge in [0.1, 0.15) is 18.0 Å². The highest BCUT2D eigenvalue weighted by atomic mass is 15.3. The van der Waals surface area contributed by atoms with Crippen LogP contribution >= 0.6 is 0 Å². The molecule has 0 spiro atoms. The third-order valence-corrected chi connectivity index (χ3v) is 4.59. The maximum absolute atomic E-state index is 4.50. The zero-order chi connectivity index (χ0) is 17.9. The van der Waals surface area contributed by atoms with E-state index in [1.54, 1.807) is 6.33 Å². The van der Waals surface area contributed by atoms with Crippen LogP contribution in [0.5, 0.6) is 0 Å². The first-order valence-electron chi connectivity index (χ1n) is 8.98. The van der Waals surface area contributed by atoms with Crippen molar-refractivity contribution in [3.63, 3.8) is 0 Å². The molecule has 3 aromatic heterocycles. The van der Waals surface area contributed by atoms with Crippen LogP contribution in [0.25, 0.3) is 5.82 Å². The summed E-state index contributed by atoms with van der Waals surface area (Å²) in [7, 11) is 0. The standard InChI is InChI=1S/C19H23N7/c1-14-9-15(2)26(24-14)19-11-17(22-13-23-19)21-12-16-5-6-20-18(10-16)25-7-3-4-8-25/h5-6,9-11,13H,3-4,7-8,12H2,1-2H3,(H,21,22,23). The molecule has 0 unspecified atom stereocenters. The molecule has 7 nitrogen and oxygen atoms in total. The topological polar surface area (TPSA) is 71.8 Å². The molecule has 4 rings (SSSR count). The summed E-state index contributed by atoms with van der Waals surface area (Å²) in [6.45, 7) is 6.89. The third kappa shape index (κ3) is 3.51. The van der Waals surface area contributed by atoms with Gasteiger partial charge in [0.25, 0.3) is 0 Å². The van der Waals surface area contributed by atoms with E-state index in [2.05, 4.69) is 36.3 Å². The first-order valence-corrected chi connectivity index (χ1v) is 8.98. The van der Waals surface area contributed by atoms with E-state index < -0.39 is 0 Å². The number of nitrogens with one attached hydrogen (secondary N) is 1. The molecule has 1 N–H and O–H groups in total. The summed E-state index contributed by atoms with van der Waals surface area (Å²) >= 11 is 0. The lowest BCUT2D eigenvalue weighted by molar-refractivity contribution is 0.800. The Morgan fingerprint density at radius 1 is 1.00 bits per heavy atom. The molecule has 0 saturated carbocycles. The SMILES string of the molecule is Cc1cc(C)n(-c2cc(NCc3ccnc(N4CCCC4)c3)ncn2)n1. The minimum atomic E-state index is 0.691. The zero-order valence-corrected chi connectivity index (χ0v) is 15.2. The van der Waals surface area contributed by atoms with Crippen LogP contribution in [0.3, 0.4) is 0 Å². The molecule has 1 aliphatic heterocycles. The molecule has 0 radical (unpaired) electrons. The normalized spacial score (nSPS) is 14.0. The fourth-order valence-electron chi connectivity index (χ4n) is 3.30. The average molecular weight is 349 g/mol. The van der Waals surface area contributed by atoms with Gasteiger partial charge in [-0.25, -0.2) is 19.6 Å². The number of hydrogen-bond donors (Lipinski definition) is 1. The van der Waals surface area contributed by atoms with Gasteiger partial charge in [-0.15, -0.1) is 0 Å². The van der Waals surface area contributed by atoms with Crippen LogP contribution in [0.4, 0.5) is 11.6 Å². The minimum absolute atomic E-state index is 0.691. The quantitative estimate of drug-likeness (QED) is 0.764. The number of rotatable bonds is 5. The van der Waals surface area contributed by atoms with Gasteiger partial charge in [0.15, 0.2) is 5.82 Å². The second-order valence-electron chi connectivity index (χ2n) is 6.67. The summed E-state index contributed by atoms with van der Waals surface area (Å²) in [6, 6.07) is 8.14. The van der Waals surface area contributed by atoms with Crippen molar-refractivity contribution in [2.75, 3.05) is 23.3 Å². The van der Waals surface area contributed by atoms with Gasteiger partial charge < -0.3 is 10.2 Å². The van der Waals surface area contributed by atoms with Crippen molar-refractivity contribution in [2.45, 2.75) is 33.2 Å². The van der Waals surface area contributed by atoms with Crippen molar-refractivity contribution < 1.29 is 0 Å². The summed E-state index contributed by atoms with van der Waals surface area (Å²) in [5, 5.41) is 7.86. The van der Waals surface area contributed by atoms with E-state index in [1.807, 2.05) is 42.9 Å². The van der Waals surface area contributed by atoms with Crippen molar-refractivity contribution in [3.8, 4) is 5.82 Å². The monoisotopic (exact) mass is 349 g/mol. The number of pyridine rings is 1. The summed E-state index contributed by atoms with van der Waals surface area (Å²) < 4.78 is 1.83. The molecular weight excluding hydrogens is 326 g/mol. The highest BCUT2D eigenvalue weighted by Crippen LogP contribution is 2.19. The van der Waals surface area contributed by atoms with Crippen molar-refractivity contribution in [1.29, 1.82) is 0 Å². The lowest BCUT2D eigenvalue weighted by Crippen LogP contribution is -2.19. The Kier molecular flexibility index (Phi) is 4.51. The molecule has 1 saturated heterocycles. The van der Waals surface area contributed by atoms with Gasteiger partial charge >= 0.3 is 0 Å². The molecule has 0 aromatic carbocycles. The van der Waals surface area contributed by atoms with Crippen molar-refractivity contribution in [3.05, 3.63) is 53.7 Å². The molecule has 0 atom stereocenters. The fraction of sp³-hybridized carbons (Fsp3) is 0.368. The third-order valence-electron chi connectivity index (χ3n) is 4.59. The molecule has 134 valence electrons. The fourth-order valence-corrected chi connectivity index (χ4v) is 3.30. The van der Waals surface area contributed by atoms with Crippen molar-refractivity contribution >= 4 is 11.6 Å². The van der Waals surface area contributed by atoms with Gasteiger partial charge in [-0.2, -0.15) is 5.10 Å². The van der Waals surface area contributed by atoms with E-state index in [4.69, 9.17) is 0 Å². The van der Waals surface area contributed by atoms with Gasteiger partial charge in [0.05, 0.1) is 5.69 Å². The Morgan fingerprint density at radius 3 is 2.62 bits per heavy atom. The minimum Gasteiger partial charge on any atom is -0.366 e. The lowest BCUT2D eigenvalue weighted by atomic mass is 10.2. The summed E-state index contributed by atoms with van der Waals surface area (Å²) in [5.74, 6) is 2.61. The molecule has 0 aliphatic carbocycles. The van der Waals surface area contributed by atoms with E-state index in [0.717, 1.165) is 41.9 Å². The van der Waals surface area contributed by atoms with Crippen LogP contribution < -0.4 is 10.2 Å². The Bertz CT molecular complexity index is 896. The molecule has 4 heterocycles. The van der Waals surface area contributed by atoms with Gasteiger partial charge in [-0.05, 0) is 50.5 Å². The van der Waals surface area contributed by atoms with Gasteiger partial charge in [-0.1, -0.05) is 0 Å². The van der Waals surface area contributed by atoms with Crippen LogP contribution in [0.1, 0.15) is 29.8 Å². The van der Waals surface area contributed by atoms with Crippen molar-refractivity contribution in [1.82, 2.24) is 24.7 Å². The highest BCUT2D eigenvalue weighted by Gasteiger charge is 2.13. The molecule has 0 bridgehead atoms. The Labute approximate surface area is 153 Å². The molecule has 3 aromatic rings. The van der Waals surface area contributed by atoms with Crippen LogP contribution in [0.2, 0.25) is 0 Å². The molecule has 1 fully saturated rings. The van der Waals surface area contributed by atoms with Crippen LogP contribution in [-0.4, -0.2) is 37.8 Å². The van der Waals surface area contributed by atoms with E-state index in [1.165, 1.54) is 18.4 Å². The lowest BCUT2D eigenvalue weighted by Gasteiger charge is -2.17. The first-order chi connectivity index (χ1) is 12.7. The molecular formula is C19H23N7. The molecule has 0 amide bonds. The predicted octanol–water partition coefficient (Wildman–Crippen LogP) is 2.89. The highest BCUT2D eigenvalue weighted by molar-refractivity contribution is 5.45. The van der Waals surface area contributed by atoms with Crippen LogP contribution in [0, 0.1) is 13.8 Å². The second kappa shape index (κ2) is 7.11. The average Bonchev–Trinajstić information content (AvgIpc) is 3.30. The number of hydrogen-bond acceptors (Lipinski definition) is 6. The summed E-state index contributed by atoms with van der Waals surface area (Å²) in [6.07, 6.45) is 5.95. The largest absolute Gasteiger partial charge is 0.366 e. The van der Waals surface area contributed by atoms with Crippen molar-refractivity contribution in [2.24, 2.45) is 0 Å². The summed E-state index contributed by atoms with van der Waals surface area (Å²) in [5.41, 5.74) is 3.21. The van der Waals surface area contributed by atoms with E-state index >= 15 is 0 Å². The van der Waals surface area contributed by atoms with Gasteiger partial charge in [0, 0.05) is 37.6 Å². The second-order valence-corrected chi connectivity index (χ2v) is 6.67. The zero-order valence-electron chi connectivity index (χ0n) is 15.2. The van der Waals surface area contributed by atoms with E-state index in [-0.39, 0.29) is 0 Å². The Morgan fingerprint density at radius 2 is 1.85 bits per heavy atom. The molecule has 1 aliphatic rings. The first kappa shape index (κ1) is 16.5. The number of aryl methyl sites for hydroxylation is 2. The Balaban J connectivity index is 1.47. The van der Waals surface area contributed by atoms with E-state index in [0.29, 0.717) is 6.54 Å². The predicted molar refractivity (Wildman–Crippen MR) is 102 cm³/mol. The Hall–Kier alpha value is -2.96. The number of anilines is 2. The number of aromatic nitrogens is 5.